The van der Waals surface area contributed by atoms with Gasteiger partial charge in [-0.3, -0.25) is 4.79 Å². The molecular weight excluding hydrogens is 254 g/mol. The first-order valence-corrected chi connectivity index (χ1v) is 7.16. The van der Waals surface area contributed by atoms with Gasteiger partial charge in [0, 0.05) is 19.5 Å². The van der Waals surface area contributed by atoms with Gasteiger partial charge in [-0.25, -0.2) is 0 Å². The van der Waals surface area contributed by atoms with Crippen LogP contribution in [0, 0.1) is 5.92 Å². The normalized spacial score (nSPS) is 16.1. The van der Waals surface area contributed by atoms with Crippen molar-refractivity contribution in [2.45, 2.75) is 26.2 Å². The zero-order chi connectivity index (χ0) is 14.5. The molecule has 20 heavy (non-hydrogen) atoms. The summed E-state index contributed by atoms with van der Waals surface area (Å²) in [5.41, 5.74) is 13.2. The van der Waals surface area contributed by atoms with E-state index in [9.17, 15) is 4.79 Å². The smallest absolute Gasteiger partial charge is 0.217 e. The highest BCUT2D eigenvalue weighted by Gasteiger charge is 2.22. The van der Waals surface area contributed by atoms with Crippen LogP contribution in [-0.4, -0.2) is 25.6 Å². The van der Waals surface area contributed by atoms with E-state index in [0.717, 1.165) is 37.4 Å². The predicted molar refractivity (Wildman–Crippen MR) is 80.8 cm³/mol. The van der Waals surface area contributed by atoms with Gasteiger partial charge in [0.1, 0.15) is 5.75 Å². The molecule has 1 aromatic rings. The monoisotopic (exact) mass is 277 g/mol. The van der Waals surface area contributed by atoms with Crippen molar-refractivity contribution >= 4 is 17.3 Å². The number of hydrogen-bond donors (Lipinski definition) is 2. The molecule has 0 atom stereocenters. The van der Waals surface area contributed by atoms with Gasteiger partial charge < -0.3 is 21.1 Å². The second kappa shape index (κ2) is 6.50. The number of hydrogen-bond acceptors (Lipinski definition) is 4. The molecule has 1 amide bonds. The first-order chi connectivity index (χ1) is 9.61. The molecule has 4 N–H and O–H groups in total. The summed E-state index contributed by atoms with van der Waals surface area (Å²) in [5.74, 6) is 0.936. The maximum atomic E-state index is 11.0. The highest BCUT2D eigenvalue weighted by atomic mass is 16.5. The fraction of sp³-hybridized carbons (Fsp3) is 0.533. The first kappa shape index (κ1) is 14.5. The highest BCUT2D eigenvalue weighted by molar-refractivity contribution is 5.75. The van der Waals surface area contributed by atoms with E-state index >= 15 is 0 Å². The lowest BCUT2D eigenvalue weighted by Gasteiger charge is -2.34. The lowest BCUT2D eigenvalue weighted by Crippen LogP contribution is -2.35. The molecule has 5 nitrogen and oxygen atoms in total. The maximum Gasteiger partial charge on any atom is 0.217 e. The SMILES string of the molecule is CCOc1cccc(N2CCC(CC(N)=O)CC2)c1N. The Balaban J connectivity index is 2.03. The molecule has 0 saturated carbocycles. The Labute approximate surface area is 119 Å². The zero-order valence-corrected chi connectivity index (χ0v) is 12.0. The second-order valence-electron chi connectivity index (χ2n) is 5.22. The number of nitrogens with zero attached hydrogens (tertiary/aromatic N) is 1. The number of rotatable bonds is 5. The number of nitrogens with two attached hydrogens (primary N) is 2. The van der Waals surface area contributed by atoms with Crippen molar-refractivity contribution in [1.82, 2.24) is 0 Å². The molecule has 0 bridgehead atoms. The number of benzene rings is 1. The van der Waals surface area contributed by atoms with Crippen LogP contribution in [0.4, 0.5) is 11.4 Å². The van der Waals surface area contributed by atoms with Crippen molar-refractivity contribution in [3.63, 3.8) is 0 Å². The molecule has 1 saturated heterocycles. The topological polar surface area (TPSA) is 81.6 Å². The van der Waals surface area contributed by atoms with Crippen molar-refractivity contribution in [2.24, 2.45) is 11.7 Å². The summed E-state index contributed by atoms with van der Waals surface area (Å²) in [6, 6.07) is 5.88. The molecule has 1 aliphatic rings. The molecule has 110 valence electrons. The minimum Gasteiger partial charge on any atom is -0.492 e. The molecule has 0 aliphatic carbocycles. The third-order valence-corrected chi connectivity index (χ3v) is 3.79. The van der Waals surface area contributed by atoms with Gasteiger partial charge in [-0.05, 0) is 37.8 Å². The van der Waals surface area contributed by atoms with E-state index in [4.69, 9.17) is 16.2 Å². The Kier molecular flexibility index (Phi) is 4.71. The van der Waals surface area contributed by atoms with E-state index in [-0.39, 0.29) is 5.91 Å². The fourth-order valence-electron chi connectivity index (χ4n) is 2.75. The summed E-state index contributed by atoms with van der Waals surface area (Å²) in [5, 5.41) is 0. The van der Waals surface area contributed by atoms with Gasteiger partial charge in [0.05, 0.1) is 18.0 Å². The summed E-state index contributed by atoms with van der Waals surface area (Å²) in [4.78, 5) is 13.2. The van der Waals surface area contributed by atoms with Gasteiger partial charge in [0.25, 0.3) is 0 Å². The van der Waals surface area contributed by atoms with E-state index in [2.05, 4.69) is 4.90 Å². The van der Waals surface area contributed by atoms with Crippen LogP contribution in [0.5, 0.6) is 5.75 Å². The lowest BCUT2D eigenvalue weighted by atomic mass is 9.93. The number of piperidine rings is 1. The Hall–Kier alpha value is -1.91. The Bertz CT molecular complexity index is 468. The molecule has 5 heteroatoms. The summed E-state index contributed by atoms with van der Waals surface area (Å²) in [7, 11) is 0. The fourth-order valence-corrected chi connectivity index (χ4v) is 2.75. The van der Waals surface area contributed by atoms with Gasteiger partial charge in [-0.2, -0.15) is 0 Å². The van der Waals surface area contributed by atoms with Gasteiger partial charge in [0.15, 0.2) is 0 Å². The van der Waals surface area contributed by atoms with Crippen LogP contribution in [0.15, 0.2) is 18.2 Å². The summed E-state index contributed by atoms with van der Waals surface area (Å²) >= 11 is 0. The second-order valence-corrected chi connectivity index (χ2v) is 5.22. The number of carbonyl (C=O) groups excluding carboxylic acids is 1. The van der Waals surface area contributed by atoms with Crippen LogP contribution < -0.4 is 21.1 Å². The Morgan fingerprint density at radius 2 is 2.10 bits per heavy atom. The molecule has 0 unspecified atom stereocenters. The summed E-state index contributed by atoms with van der Waals surface area (Å²) in [6.07, 6.45) is 2.44. The van der Waals surface area contributed by atoms with Gasteiger partial charge in [0.2, 0.25) is 5.91 Å². The van der Waals surface area contributed by atoms with E-state index in [0.29, 0.717) is 24.6 Å². The Morgan fingerprint density at radius 1 is 1.40 bits per heavy atom. The van der Waals surface area contributed by atoms with Crippen molar-refractivity contribution in [3.05, 3.63) is 18.2 Å². The van der Waals surface area contributed by atoms with Crippen LogP contribution in [0.3, 0.4) is 0 Å². The molecule has 1 fully saturated rings. The number of ether oxygens (including phenoxy) is 1. The third kappa shape index (κ3) is 3.35. The third-order valence-electron chi connectivity index (χ3n) is 3.79. The molecule has 0 radical (unpaired) electrons. The quantitative estimate of drug-likeness (QED) is 0.803. The van der Waals surface area contributed by atoms with Crippen LogP contribution in [-0.2, 0) is 4.79 Å². The van der Waals surface area contributed by atoms with E-state index in [1.165, 1.54) is 0 Å². The number of amides is 1. The van der Waals surface area contributed by atoms with Crippen molar-refractivity contribution < 1.29 is 9.53 Å². The largest absolute Gasteiger partial charge is 0.492 e. The van der Waals surface area contributed by atoms with Gasteiger partial charge >= 0.3 is 0 Å². The highest BCUT2D eigenvalue weighted by Crippen LogP contribution is 2.34. The summed E-state index contributed by atoms with van der Waals surface area (Å²) < 4.78 is 5.53. The molecular formula is C15H23N3O2. The zero-order valence-electron chi connectivity index (χ0n) is 12.0. The standard InChI is InChI=1S/C15H23N3O2/c1-2-20-13-5-3-4-12(15(13)17)18-8-6-11(7-9-18)10-14(16)19/h3-5,11H,2,6-10,17H2,1H3,(H2,16,19). The molecule has 2 rings (SSSR count). The van der Waals surface area contributed by atoms with Crippen molar-refractivity contribution in [2.75, 3.05) is 30.3 Å². The van der Waals surface area contributed by atoms with E-state index < -0.39 is 0 Å². The number of para-hydroxylation sites is 1. The van der Waals surface area contributed by atoms with Crippen LogP contribution in [0.2, 0.25) is 0 Å². The number of primary amides is 1. The molecule has 0 aromatic heterocycles. The molecule has 1 aliphatic heterocycles. The minimum absolute atomic E-state index is 0.207. The number of nitrogen functional groups attached to an aromatic ring is 1. The average molecular weight is 277 g/mol. The minimum atomic E-state index is -0.207. The predicted octanol–water partition coefficient (Wildman–Crippen LogP) is 1.76. The van der Waals surface area contributed by atoms with Crippen LogP contribution in [0.1, 0.15) is 26.2 Å². The Morgan fingerprint density at radius 3 is 2.70 bits per heavy atom. The van der Waals surface area contributed by atoms with Crippen molar-refractivity contribution in [3.8, 4) is 5.75 Å². The van der Waals surface area contributed by atoms with Gasteiger partial charge in [-0.1, -0.05) is 6.07 Å². The van der Waals surface area contributed by atoms with Gasteiger partial charge in [-0.15, -0.1) is 0 Å². The average Bonchev–Trinajstić information content (AvgIpc) is 2.42. The first-order valence-electron chi connectivity index (χ1n) is 7.16. The number of carbonyl (C=O) groups is 1. The van der Waals surface area contributed by atoms with Crippen molar-refractivity contribution in [1.29, 1.82) is 0 Å². The van der Waals surface area contributed by atoms with E-state index in [1.54, 1.807) is 0 Å². The van der Waals surface area contributed by atoms with E-state index in [1.807, 2.05) is 25.1 Å². The molecule has 1 heterocycles. The molecule has 1 aromatic carbocycles. The van der Waals surface area contributed by atoms with Crippen LogP contribution in [0.25, 0.3) is 0 Å². The van der Waals surface area contributed by atoms with Crippen LogP contribution >= 0.6 is 0 Å². The number of anilines is 2. The molecule has 0 spiro atoms. The maximum absolute atomic E-state index is 11.0. The summed E-state index contributed by atoms with van der Waals surface area (Å²) in [6.45, 7) is 4.35. The lowest BCUT2D eigenvalue weighted by molar-refractivity contribution is -0.119.